The SMILES string of the molecule is CCn1c(SCC(=O)Nc2nccs2)nnc1[C@H](NC(=O)c1ccc(OC)cc1)C(C)C. The highest BCUT2D eigenvalue weighted by molar-refractivity contribution is 7.99. The number of benzene rings is 1. The first-order valence-corrected chi connectivity index (χ1v) is 12.0. The van der Waals surface area contributed by atoms with E-state index in [9.17, 15) is 9.59 Å². The van der Waals surface area contributed by atoms with Gasteiger partial charge < -0.3 is 19.9 Å². The molecule has 0 unspecified atom stereocenters. The molecule has 2 N–H and O–H groups in total. The minimum absolute atomic E-state index is 0.0812. The molecule has 9 nitrogen and oxygen atoms in total. The van der Waals surface area contributed by atoms with Gasteiger partial charge in [0, 0.05) is 23.7 Å². The number of anilines is 1. The molecule has 3 rings (SSSR count). The van der Waals surface area contributed by atoms with Crippen LogP contribution in [-0.4, -0.2) is 44.4 Å². The van der Waals surface area contributed by atoms with Crippen LogP contribution in [-0.2, 0) is 11.3 Å². The molecule has 0 aliphatic carbocycles. The standard InChI is InChI=1S/C21H26N6O3S2/c1-5-27-18(25-26-21(27)32-12-16(28)23-20-22-10-11-31-20)17(13(2)3)24-19(29)14-6-8-15(30-4)9-7-14/h6-11,13,17H,5,12H2,1-4H3,(H,24,29)(H,22,23,28)/t17-/m1/s1. The number of carbonyl (C=O) groups excluding carboxylic acids is 2. The summed E-state index contributed by atoms with van der Waals surface area (Å²) >= 11 is 2.66. The first kappa shape index (κ1) is 23.7. The molecule has 0 saturated carbocycles. The highest BCUT2D eigenvalue weighted by Crippen LogP contribution is 2.26. The third kappa shape index (κ3) is 5.86. The predicted molar refractivity (Wildman–Crippen MR) is 125 cm³/mol. The molecule has 1 atom stereocenters. The zero-order valence-corrected chi connectivity index (χ0v) is 20.0. The molecule has 0 spiro atoms. The van der Waals surface area contributed by atoms with Gasteiger partial charge in [0.2, 0.25) is 5.91 Å². The lowest BCUT2D eigenvalue weighted by Gasteiger charge is -2.22. The summed E-state index contributed by atoms with van der Waals surface area (Å²) in [5.74, 6) is 1.25. The molecule has 3 aromatic rings. The molecule has 32 heavy (non-hydrogen) atoms. The number of nitrogens with zero attached hydrogens (tertiary/aromatic N) is 4. The number of methoxy groups -OCH3 is 1. The minimum Gasteiger partial charge on any atom is -0.497 e. The fraction of sp³-hybridized carbons (Fsp3) is 0.381. The Bertz CT molecular complexity index is 1030. The van der Waals surface area contributed by atoms with Crippen molar-refractivity contribution < 1.29 is 14.3 Å². The first-order chi connectivity index (χ1) is 15.4. The largest absolute Gasteiger partial charge is 0.497 e. The van der Waals surface area contributed by atoms with E-state index in [0.29, 0.717) is 34.0 Å². The van der Waals surface area contributed by atoms with Gasteiger partial charge >= 0.3 is 0 Å². The Labute approximate surface area is 195 Å². The van der Waals surface area contributed by atoms with Crippen molar-refractivity contribution in [2.75, 3.05) is 18.2 Å². The van der Waals surface area contributed by atoms with E-state index in [-0.39, 0.29) is 29.5 Å². The summed E-state index contributed by atoms with van der Waals surface area (Å²) in [4.78, 5) is 29.1. The average molecular weight is 475 g/mol. The van der Waals surface area contributed by atoms with Crippen LogP contribution in [0.3, 0.4) is 0 Å². The molecular formula is C21H26N6O3S2. The van der Waals surface area contributed by atoms with Crippen LogP contribution < -0.4 is 15.4 Å². The Kier molecular flexibility index (Phi) is 8.23. The fourth-order valence-corrected chi connectivity index (χ4v) is 4.36. The van der Waals surface area contributed by atoms with Gasteiger partial charge in [-0.25, -0.2) is 4.98 Å². The summed E-state index contributed by atoms with van der Waals surface area (Å²) in [6.45, 7) is 6.62. The second-order valence-corrected chi connectivity index (χ2v) is 9.02. The number of thioether (sulfide) groups is 1. The Morgan fingerprint density at radius 3 is 2.56 bits per heavy atom. The summed E-state index contributed by atoms with van der Waals surface area (Å²) < 4.78 is 7.08. The van der Waals surface area contributed by atoms with Crippen molar-refractivity contribution in [3.8, 4) is 5.75 Å². The quantitative estimate of drug-likeness (QED) is 0.432. The Morgan fingerprint density at radius 1 is 1.22 bits per heavy atom. The third-order valence-electron chi connectivity index (χ3n) is 4.66. The molecule has 0 aliphatic heterocycles. The molecule has 170 valence electrons. The molecule has 2 aromatic heterocycles. The number of ether oxygens (including phenoxy) is 1. The van der Waals surface area contributed by atoms with E-state index < -0.39 is 0 Å². The van der Waals surface area contributed by atoms with E-state index in [1.807, 2.05) is 25.3 Å². The van der Waals surface area contributed by atoms with E-state index in [1.54, 1.807) is 43.0 Å². The molecule has 1 aromatic carbocycles. The lowest BCUT2D eigenvalue weighted by atomic mass is 10.0. The monoisotopic (exact) mass is 474 g/mol. The zero-order chi connectivity index (χ0) is 23.1. The van der Waals surface area contributed by atoms with Crippen LogP contribution in [0.15, 0.2) is 41.0 Å². The molecule has 0 saturated heterocycles. The van der Waals surface area contributed by atoms with Gasteiger partial charge in [-0.05, 0) is 37.1 Å². The Hall–Kier alpha value is -2.92. The number of hydrogen-bond acceptors (Lipinski definition) is 8. The molecule has 2 heterocycles. The number of carbonyl (C=O) groups is 2. The number of amides is 2. The van der Waals surface area contributed by atoms with Crippen molar-refractivity contribution >= 4 is 40.0 Å². The number of thiazole rings is 1. The molecule has 0 bridgehead atoms. The van der Waals surface area contributed by atoms with Gasteiger partial charge in [-0.3, -0.25) is 9.59 Å². The number of aromatic nitrogens is 4. The van der Waals surface area contributed by atoms with Crippen molar-refractivity contribution in [1.82, 2.24) is 25.1 Å². The summed E-state index contributed by atoms with van der Waals surface area (Å²) in [5, 5.41) is 17.4. The summed E-state index contributed by atoms with van der Waals surface area (Å²) in [7, 11) is 1.58. The number of hydrogen-bond donors (Lipinski definition) is 2. The van der Waals surface area contributed by atoms with Crippen LogP contribution in [0.1, 0.15) is 43.0 Å². The van der Waals surface area contributed by atoms with Crippen LogP contribution in [0.4, 0.5) is 5.13 Å². The van der Waals surface area contributed by atoms with Gasteiger partial charge in [-0.2, -0.15) is 0 Å². The average Bonchev–Trinajstić information content (AvgIpc) is 3.45. The lowest BCUT2D eigenvalue weighted by molar-refractivity contribution is -0.113. The zero-order valence-electron chi connectivity index (χ0n) is 18.4. The Balaban J connectivity index is 1.71. The summed E-state index contributed by atoms with van der Waals surface area (Å²) in [6.07, 6.45) is 1.64. The topological polar surface area (TPSA) is 111 Å². The number of rotatable bonds is 10. The number of nitrogens with one attached hydrogen (secondary N) is 2. The minimum atomic E-state index is -0.337. The maximum Gasteiger partial charge on any atom is 0.251 e. The fourth-order valence-electron chi connectivity index (χ4n) is 3.00. The van der Waals surface area contributed by atoms with E-state index in [1.165, 1.54) is 23.1 Å². The molecule has 11 heteroatoms. The van der Waals surface area contributed by atoms with Crippen molar-refractivity contribution in [2.45, 2.75) is 38.5 Å². The highest BCUT2D eigenvalue weighted by Gasteiger charge is 2.26. The molecule has 0 fully saturated rings. The lowest BCUT2D eigenvalue weighted by Crippen LogP contribution is -2.33. The maximum atomic E-state index is 12.8. The van der Waals surface area contributed by atoms with Gasteiger partial charge in [0.05, 0.1) is 18.9 Å². The molecule has 0 radical (unpaired) electrons. The van der Waals surface area contributed by atoms with Crippen LogP contribution in [0.2, 0.25) is 0 Å². The molecule has 2 amide bonds. The third-order valence-corrected chi connectivity index (χ3v) is 6.31. The van der Waals surface area contributed by atoms with Crippen molar-refractivity contribution in [1.29, 1.82) is 0 Å². The van der Waals surface area contributed by atoms with E-state index in [0.717, 1.165) is 0 Å². The van der Waals surface area contributed by atoms with E-state index >= 15 is 0 Å². The second kappa shape index (κ2) is 11.1. The predicted octanol–water partition coefficient (Wildman–Crippen LogP) is 3.62. The Morgan fingerprint density at radius 2 is 1.97 bits per heavy atom. The van der Waals surface area contributed by atoms with E-state index in [4.69, 9.17) is 4.74 Å². The van der Waals surface area contributed by atoms with Crippen LogP contribution >= 0.6 is 23.1 Å². The van der Waals surface area contributed by atoms with Crippen molar-refractivity contribution in [2.24, 2.45) is 5.92 Å². The molecular weight excluding hydrogens is 448 g/mol. The van der Waals surface area contributed by atoms with Crippen molar-refractivity contribution in [3.63, 3.8) is 0 Å². The van der Waals surface area contributed by atoms with Gasteiger partial charge in [0.15, 0.2) is 16.1 Å². The molecule has 0 aliphatic rings. The van der Waals surface area contributed by atoms with Crippen LogP contribution in [0.25, 0.3) is 0 Å². The van der Waals surface area contributed by atoms with Crippen LogP contribution in [0, 0.1) is 5.92 Å². The van der Waals surface area contributed by atoms with Gasteiger partial charge in [-0.15, -0.1) is 21.5 Å². The highest BCUT2D eigenvalue weighted by atomic mass is 32.2. The first-order valence-electron chi connectivity index (χ1n) is 10.1. The second-order valence-electron chi connectivity index (χ2n) is 7.18. The summed E-state index contributed by atoms with van der Waals surface area (Å²) in [6, 6.07) is 6.60. The van der Waals surface area contributed by atoms with Gasteiger partial charge in [0.25, 0.3) is 5.91 Å². The normalized spacial score (nSPS) is 11.9. The smallest absolute Gasteiger partial charge is 0.251 e. The van der Waals surface area contributed by atoms with E-state index in [2.05, 4.69) is 25.8 Å². The van der Waals surface area contributed by atoms with Crippen LogP contribution in [0.5, 0.6) is 5.75 Å². The van der Waals surface area contributed by atoms with Gasteiger partial charge in [0.1, 0.15) is 5.75 Å². The maximum absolute atomic E-state index is 12.8. The van der Waals surface area contributed by atoms with Gasteiger partial charge in [-0.1, -0.05) is 25.6 Å². The van der Waals surface area contributed by atoms with Crippen molar-refractivity contribution in [3.05, 3.63) is 47.2 Å². The summed E-state index contributed by atoms with van der Waals surface area (Å²) in [5.41, 5.74) is 0.535.